The average Bonchev–Trinajstić information content (AvgIpc) is 2.38. The maximum Gasteiger partial charge on any atom is 0.259 e. The monoisotopic (exact) mass is 256 g/mol. The van der Waals surface area contributed by atoms with Crippen LogP contribution in [0.2, 0.25) is 0 Å². The van der Waals surface area contributed by atoms with Crippen molar-refractivity contribution < 1.29 is 9.50 Å². The minimum atomic E-state index is -0.640. The third-order valence-corrected chi connectivity index (χ3v) is 2.82. The molecule has 0 fully saturated rings. The number of hydrogen-bond acceptors (Lipinski definition) is 3. The largest absolute Gasteiger partial charge is 0.508 e. The fraction of sp³-hybridized carbons (Fsp3) is 0. The van der Waals surface area contributed by atoms with Crippen LogP contribution in [0.4, 0.5) is 4.39 Å². The van der Waals surface area contributed by atoms with E-state index in [0.717, 1.165) is 6.07 Å². The van der Waals surface area contributed by atoms with Gasteiger partial charge in [-0.3, -0.25) is 4.79 Å². The Morgan fingerprint density at radius 2 is 1.95 bits per heavy atom. The number of hydrogen-bond donors (Lipinski definition) is 2. The van der Waals surface area contributed by atoms with Gasteiger partial charge in [-0.15, -0.1) is 0 Å². The third kappa shape index (κ3) is 1.95. The fourth-order valence-electron chi connectivity index (χ4n) is 1.91. The second-order valence-corrected chi connectivity index (χ2v) is 4.10. The normalized spacial score (nSPS) is 10.8. The Hall–Kier alpha value is -2.69. The van der Waals surface area contributed by atoms with Crippen molar-refractivity contribution in [3.05, 3.63) is 58.6 Å². The molecule has 5 heteroatoms. The lowest BCUT2D eigenvalue weighted by atomic mass is 10.1. The molecular weight excluding hydrogens is 247 g/mol. The highest BCUT2D eigenvalue weighted by atomic mass is 19.1. The second-order valence-electron chi connectivity index (χ2n) is 4.10. The predicted molar refractivity (Wildman–Crippen MR) is 69.4 cm³/mol. The molecular formula is C14H9FN2O2. The van der Waals surface area contributed by atoms with Crippen LogP contribution in [0.15, 0.2) is 47.3 Å². The van der Waals surface area contributed by atoms with Crippen LogP contribution in [-0.2, 0) is 0 Å². The zero-order valence-corrected chi connectivity index (χ0v) is 9.72. The topological polar surface area (TPSA) is 66.0 Å². The highest BCUT2D eigenvalue weighted by molar-refractivity contribution is 5.79. The van der Waals surface area contributed by atoms with Crippen LogP contribution >= 0.6 is 0 Å². The number of para-hydroxylation sites is 1. The molecule has 0 saturated heterocycles. The zero-order chi connectivity index (χ0) is 13.4. The molecule has 1 heterocycles. The summed E-state index contributed by atoms with van der Waals surface area (Å²) < 4.78 is 13.7. The number of aromatic hydroxyl groups is 1. The van der Waals surface area contributed by atoms with Crippen LogP contribution in [-0.4, -0.2) is 15.1 Å². The smallest absolute Gasteiger partial charge is 0.259 e. The first-order valence-corrected chi connectivity index (χ1v) is 5.63. The van der Waals surface area contributed by atoms with E-state index in [1.165, 1.54) is 12.1 Å². The van der Waals surface area contributed by atoms with E-state index in [1.807, 2.05) is 0 Å². The van der Waals surface area contributed by atoms with E-state index in [1.54, 1.807) is 24.3 Å². The van der Waals surface area contributed by atoms with E-state index >= 15 is 0 Å². The summed E-state index contributed by atoms with van der Waals surface area (Å²) in [5.41, 5.74) is 0.308. The molecule has 4 nitrogen and oxygen atoms in total. The van der Waals surface area contributed by atoms with Gasteiger partial charge in [0, 0.05) is 6.07 Å². The lowest BCUT2D eigenvalue weighted by Gasteiger charge is -2.04. The number of benzene rings is 2. The Bertz CT molecular complexity index is 827. The van der Waals surface area contributed by atoms with Crippen molar-refractivity contribution in [3.8, 4) is 17.1 Å². The lowest BCUT2D eigenvalue weighted by Crippen LogP contribution is -2.09. The van der Waals surface area contributed by atoms with E-state index in [4.69, 9.17) is 0 Å². The van der Waals surface area contributed by atoms with Crippen molar-refractivity contribution in [1.29, 1.82) is 0 Å². The zero-order valence-electron chi connectivity index (χ0n) is 9.72. The minimum Gasteiger partial charge on any atom is -0.508 e. The van der Waals surface area contributed by atoms with Gasteiger partial charge in [-0.2, -0.15) is 0 Å². The van der Waals surface area contributed by atoms with Gasteiger partial charge < -0.3 is 10.1 Å². The third-order valence-electron chi connectivity index (χ3n) is 2.82. The first-order chi connectivity index (χ1) is 9.15. The summed E-state index contributed by atoms with van der Waals surface area (Å²) in [5, 5.41) is 9.63. The highest BCUT2D eigenvalue weighted by Gasteiger charge is 2.10. The first kappa shape index (κ1) is 11.4. The van der Waals surface area contributed by atoms with Gasteiger partial charge in [0.15, 0.2) is 0 Å². The number of nitrogens with zero attached hydrogens (tertiary/aromatic N) is 1. The molecule has 3 rings (SSSR count). The maximum absolute atomic E-state index is 13.7. The van der Waals surface area contributed by atoms with Crippen LogP contribution in [0.3, 0.4) is 0 Å². The number of halogens is 1. The number of phenolic OH excluding ortho intramolecular Hbond substituents is 1. The summed E-state index contributed by atoms with van der Waals surface area (Å²) in [5.74, 6) is -0.677. The van der Waals surface area contributed by atoms with E-state index < -0.39 is 5.82 Å². The molecule has 19 heavy (non-hydrogen) atoms. The highest BCUT2D eigenvalue weighted by Crippen LogP contribution is 2.23. The number of aromatic nitrogens is 2. The Morgan fingerprint density at radius 1 is 1.16 bits per heavy atom. The Kier molecular flexibility index (Phi) is 2.52. The van der Waals surface area contributed by atoms with Gasteiger partial charge in [0.05, 0.1) is 16.5 Å². The molecule has 94 valence electrons. The van der Waals surface area contributed by atoms with Crippen molar-refractivity contribution in [2.45, 2.75) is 0 Å². The van der Waals surface area contributed by atoms with E-state index in [-0.39, 0.29) is 22.7 Å². The first-order valence-electron chi connectivity index (χ1n) is 5.63. The van der Waals surface area contributed by atoms with Crippen molar-refractivity contribution in [1.82, 2.24) is 9.97 Å². The molecule has 2 aromatic carbocycles. The Labute approximate surface area is 107 Å². The van der Waals surface area contributed by atoms with Crippen LogP contribution < -0.4 is 5.56 Å². The summed E-state index contributed by atoms with van der Waals surface area (Å²) in [6.45, 7) is 0. The van der Waals surface area contributed by atoms with Crippen LogP contribution in [0, 0.1) is 5.82 Å². The fourth-order valence-corrected chi connectivity index (χ4v) is 1.91. The average molecular weight is 256 g/mol. The van der Waals surface area contributed by atoms with Gasteiger partial charge in [-0.1, -0.05) is 12.1 Å². The molecule has 0 amide bonds. The molecule has 0 atom stereocenters. The van der Waals surface area contributed by atoms with Gasteiger partial charge >= 0.3 is 0 Å². The summed E-state index contributed by atoms with van der Waals surface area (Å²) in [4.78, 5) is 18.6. The van der Waals surface area contributed by atoms with E-state index in [9.17, 15) is 14.3 Å². The van der Waals surface area contributed by atoms with Crippen LogP contribution in [0.1, 0.15) is 0 Å². The number of rotatable bonds is 1. The summed E-state index contributed by atoms with van der Waals surface area (Å²) >= 11 is 0. The molecule has 0 aliphatic carbocycles. The van der Waals surface area contributed by atoms with Gasteiger partial charge in [0.1, 0.15) is 17.4 Å². The van der Waals surface area contributed by atoms with Crippen molar-refractivity contribution in [2.24, 2.45) is 0 Å². The van der Waals surface area contributed by atoms with Crippen LogP contribution in [0.5, 0.6) is 5.75 Å². The number of H-pyrrole nitrogens is 1. The molecule has 0 aliphatic rings. The predicted octanol–water partition coefficient (Wildman–Crippen LogP) is 2.43. The molecule has 1 aromatic heterocycles. The van der Waals surface area contributed by atoms with E-state index in [0.29, 0.717) is 10.9 Å². The van der Waals surface area contributed by atoms with Gasteiger partial charge in [-0.05, 0) is 24.3 Å². The molecule has 0 radical (unpaired) electrons. The molecule has 0 bridgehead atoms. The number of nitrogens with one attached hydrogen (secondary N) is 1. The number of phenols is 1. The van der Waals surface area contributed by atoms with Gasteiger partial charge in [0.2, 0.25) is 0 Å². The standard InChI is InChI=1S/C14H9FN2O2/c15-11-7-8(18)5-6-9(11)13-16-12-4-2-1-3-10(12)14(19)17-13/h1-7,18H,(H,16,17,19). The SMILES string of the molecule is O=c1[nH]c(-c2ccc(O)cc2F)nc2ccccc12. The second kappa shape index (κ2) is 4.20. The van der Waals surface area contributed by atoms with Crippen molar-refractivity contribution >= 4 is 10.9 Å². The molecule has 0 spiro atoms. The van der Waals surface area contributed by atoms with Crippen LogP contribution in [0.25, 0.3) is 22.3 Å². The summed E-state index contributed by atoms with van der Waals surface area (Å²) in [6.07, 6.45) is 0. The lowest BCUT2D eigenvalue weighted by molar-refractivity contribution is 0.469. The van der Waals surface area contributed by atoms with E-state index in [2.05, 4.69) is 9.97 Å². The number of fused-ring (bicyclic) bond motifs is 1. The minimum absolute atomic E-state index is 0.139. The maximum atomic E-state index is 13.7. The van der Waals surface area contributed by atoms with Gasteiger partial charge in [-0.25, -0.2) is 9.37 Å². The summed E-state index contributed by atoms with van der Waals surface area (Å²) in [7, 11) is 0. The Balaban J connectivity index is 2.28. The number of aromatic amines is 1. The molecule has 2 N–H and O–H groups in total. The molecule has 0 unspecified atom stereocenters. The van der Waals surface area contributed by atoms with Crippen molar-refractivity contribution in [3.63, 3.8) is 0 Å². The van der Waals surface area contributed by atoms with Gasteiger partial charge in [0.25, 0.3) is 5.56 Å². The summed E-state index contributed by atoms with van der Waals surface area (Å²) in [6, 6.07) is 10.5. The molecule has 0 aliphatic heterocycles. The molecule has 0 saturated carbocycles. The Morgan fingerprint density at radius 3 is 2.74 bits per heavy atom. The van der Waals surface area contributed by atoms with Crippen molar-refractivity contribution in [2.75, 3.05) is 0 Å². The quantitative estimate of drug-likeness (QED) is 0.702. The molecule has 3 aromatic rings.